The number of aromatic nitrogens is 1. The lowest BCUT2D eigenvalue weighted by atomic mass is 9.91. The van der Waals surface area contributed by atoms with Crippen LogP contribution in [0.1, 0.15) is 40.0 Å². The molecule has 190 valence electrons. The third kappa shape index (κ3) is 6.11. The first kappa shape index (κ1) is 25.0. The standard InChI is InChI=1S/C23H35N3O7S/c1-22(2,3)33-21(27)26-11-9-25(10-12-26)13-16-31-19-5-4-18-20(24-19)32-23(6-14-30-15-7-23)8-17-34(18,28)29/h4-5H,6-17H2,1-3H3. The largest absolute Gasteiger partial charge is 0.476 e. The molecule has 3 aliphatic rings. The lowest BCUT2D eigenvalue weighted by Gasteiger charge is -2.36. The Kier molecular flexibility index (Phi) is 7.25. The van der Waals surface area contributed by atoms with Crippen molar-refractivity contribution in [1.82, 2.24) is 14.8 Å². The van der Waals surface area contributed by atoms with Crippen LogP contribution in [0, 0.1) is 0 Å². The average Bonchev–Trinajstić information content (AvgIpc) is 2.87. The Hall–Kier alpha value is -2.11. The highest BCUT2D eigenvalue weighted by atomic mass is 32.2. The second-order valence-corrected chi connectivity index (χ2v) is 12.2. The van der Waals surface area contributed by atoms with Gasteiger partial charge in [0.15, 0.2) is 9.84 Å². The van der Waals surface area contributed by atoms with Crippen LogP contribution in [0.5, 0.6) is 11.8 Å². The van der Waals surface area contributed by atoms with Gasteiger partial charge in [-0.15, -0.1) is 0 Å². The molecule has 0 atom stereocenters. The average molecular weight is 498 g/mol. The van der Waals surface area contributed by atoms with E-state index in [1.54, 1.807) is 11.0 Å². The molecular formula is C23H35N3O7S. The smallest absolute Gasteiger partial charge is 0.410 e. The van der Waals surface area contributed by atoms with E-state index in [4.69, 9.17) is 18.9 Å². The molecule has 1 spiro atoms. The molecule has 3 aliphatic heterocycles. The van der Waals surface area contributed by atoms with Gasteiger partial charge in [0.2, 0.25) is 11.8 Å². The third-order valence-electron chi connectivity index (χ3n) is 6.36. The first-order valence-electron chi connectivity index (χ1n) is 11.9. The van der Waals surface area contributed by atoms with Crippen LogP contribution in [0.2, 0.25) is 0 Å². The van der Waals surface area contributed by atoms with Crippen molar-refractivity contribution in [2.45, 2.75) is 56.1 Å². The lowest BCUT2D eigenvalue weighted by Crippen LogP contribution is -2.50. The van der Waals surface area contributed by atoms with Crippen molar-refractivity contribution in [1.29, 1.82) is 0 Å². The maximum atomic E-state index is 12.8. The summed E-state index contributed by atoms with van der Waals surface area (Å²) < 4.78 is 48.5. The van der Waals surface area contributed by atoms with Gasteiger partial charge >= 0.3 is 6.09 Å². The van der Waals surface area contributed by atoms with Crippen molar-refractivity contribution >= 4 is 15.9 Å². The second-order valence-electron chi connectivity index (χ2n) is 10.1. The predicted molar refractivity (Wildman–Crippen MR) is 124 cm³/mol. The molecule has 0 aromatic carbocycles. The van der Waals surface area contributed by atoms with Gasteiger partial charge in [0.05, 0.1) is 19.0 Å². The summed E-state index contributed by atoms with van der Waals surface area (Å²) in [7, 11) is -3.47. The number of fused-ring (bicyclic) bond motifs is 1. The Balaban J connectivity index is 1.31. The number of rotatable bonds is 4. The molecule has 11 heteroatoms. The van der Waals surface area contributed by atoms with Gasteiger partial charge in [-0.05, 0) is 26.8 Å². The van der Waals surface area contributed by atoms with Crippen molar-refractivity contribution in [2.24, 2.45) is 0 Å². The van der Waals surface area contributed by atoms with Crippen LogP contribution in [0.15, 0.2) is 17.0 Å². The molecule has 0 bridgehead atoms. The quantitative estimate of drug-likeness (QED) is 0.618. The first-order chi connectivity index (χ1) is 16.1. The molecule has 1 amide bonds. The van der Waals surface area contributed by atoms with Gasteiger partial charge in [0.1, 0.15) is 22.7 Å². The van der Waals surface area contributed by atoms with Crippen molar-refractivity contribution in [2.75, 3.05) is 58.3 Å². The van der Waals surface area contributed by atoms with E-state index in [-0.39, 0.29) is 22.6 Å². The molecule has 4 rings (SSSR count). The fourth-order valence-corrected chi connectivity index (χ4v) is 5.83. The van der Waals surface area contributed by atoms with Crippen LogP contribution >= 0.6 is 0 Å². The summed E-state index contributed by atoms with van der Waals surface area (Å²) >= 11 is 0. The summed E-state index contributed by atoms with van der Waals surface area (Å²) in [5.74, 6) is 0.505. The van der Waals surface area contributed by atoms with Crippen LogP contribution in [0.25, 0.3) is 0 Å². The summed E-state index contributed by atoms with van der Waals surface area (Å²) in [6.45, 7) is 10.4. The van der Waals surface area contributed by atoms with E-state index in [1.165, 1.54) is 6.07 Å². The number of hydrogen-bond acceptors (Lipinski definition) is 9. The zero-order valence-corrected chi connectivity index (χ0v) is 21.1. The predicted octanol–water partition coefficient (Wildman–Crippen LogP) is 2.12. The maximum absolute atomic E-state index is 12.8. The number of carbonyl (C=O) groups is 1. The van der Waals surface area contributed by atoms with Crippen molar-refractivity contribution in [3.63, 3.8) is 0 Å². The van der Waals surface area contributed by atoms with E-state index in [0.29, 0.717) is 64.6 Å². The van der Waals surface area contributed by atoms with E-state index >= 15 is 0 Å². The Morgan fingerprint density at radius 2 is 1.82 bits per heavy atom. The van der Waals surface area contributed by atoms with Crippen molar-refractivity contribution < 1.29 is 32.2 Å². The van der Waals surface area contributed by atoms with Gasteiger partial charge in [-0.3, -0.25) is 4.90 Å². The molecule has 2 fully saturated rings. The second kappa shape index (κ2) is 9.87. The van der Waals surface area contributed by atoms with Gasteiger partial charge in [-0.25, -0.2) is 13.2 Å². The molecule has 4 heterocycles. The number of sulfone groups is 1. The van der Waals surface area contributed by atoms with Gasteiger partial charge in [-0.1, -0.05) is 0 Å². The number of piperazine rings is 1. The lowest BCUT2D eigenvalue weighted by molar-refractivity contribution is -0.0501. The van der Waals surface area contributed by atoms with E-state index < -0.39 is 21.0 Å². The number of carbonyl (C=O) groups excluding carboxylic acids is 1. The molecule has 0 aliphatic carbocycles. The Morgan fingerprint density at radius 3 is 2.50 bits per heavy atom. The minimum absolute atomic E-state index is 0.0388. The van der Waals surface area contributed by atoms with Gasteiger partial charge < -0.3 is 23.8 Å². The first-order valence-corrected chi connectivity index (χ1v) is 13.5. The molecule has 0 unspecified atom stereocenters. The van der Waals surface area contributed by atoms with Crippen LogP contribution in [0.3, 0.4) is 0 Å². The zero-order valence-electron chi connectivity index (χ0n) is 20.2. The van der Waals surface area contributed by atoms with Crippen molar-refractivity contribution in [3.05, 3.63) is 12.1 Å². The highest BCUT2D eigenvalue weighted by Crippen LogP contribution is 2.38. The molecule has 2 saturated heterocycles. The minimum atomic E-state index is -3.47. The summed E-state index contributed by atoms with van der Waals surface area (Å²) in [6.07, 6.45) is 1.43. The van der Waals surface area contributed by atoms with E-state index in [1.807, 2.05) is 20.8 Å². The van der Waals surface area contributed by atoms with Crippen LogP contribution in [0.4, 0.5) is 4.79 Å². The third-order valence-corrected chi connectivity index (χ3v) is 8.08. The van der Waals surface area contributed by atoms with Gasteiger partial charge in [-0.2, -0.15) is 4.98 Å². The molecule has 0 saturated carbocycles. The highest BCUT2D eigenvalue weighted by Gasteiger charge is 2.41. The fourth-order valence-electron chi connectivity index (χ4n) is 4.34. The molecule has 34 heavy (non-hydrogen) atoms. The molecular weight excluding hydrogens is 462 g/mol. The topological polar surface area (TPSA) is 108 Å². The van der Waals surface area contributed by atoms with Crippen LogP contribution in [-0.2, 0) is 19.3 Å². The number of ether oxygens (including phenoxy) is 4. The van der Waals surface area contributed by atoms with Gasteiger partial charge in [0.25, 0.3) is 0 Å². The summed E-state index contributed by atoms with van der Waals surface area (Å²) in [5, 5.41) is 0. The van der Waals surface area contributed by atoms with E-state index in [9.17, 15) is 13.2 Å². The summed E-state index contributed by atoms with van der Waals surface area (Å²) in [6, 6.07) is 3.12. The van der Waals surface area contributed by atoms with Crippen molar-refractivity contribution in [3.8, 4) is 11.8 Å². The van der Waals surface area contributed by atoms with Crippen LogP contribution < -0.4 is 9.47 Å². The van der Waals surface area contributed by atoms with E-state index in [0.717, 1.165) is 13.1 Å². The molecule has 10 nitrogen and oxygen atoms in total. The summed E-state index contributed by atoms with van der Waals surface area (Å²) in [4.78, 5) is 20.7. The molecule has 0 radical (unpaired) electrons. The minimum Gasteiger partial charge on any atom is -0.476 e. The maximum Gasteiger partial charge on any atom is 0.410 e. The number of amides is 1. The fraction of sp³-hybridized carbons (Fsp3) is 0.739. The number of pyridine rings is 1. The Morgan fingerprint density at radius 1 is 1.12 bits per heavy atom. The normalized spacial score (nSPS) is 22.4. The summed E-state index contributed by atoms with van der Waals surface area (Å²) in [5.41, 5.74) is -1.06. The monoisotopic (exact) mass is 497 g/mol. The Bertz CT molecular complexity index is 979. The van der Waals surface area contributed by atoms with Gasteiger partial charge in [0, 0.05) is 58.1 Å². The molecule has 0 N–H and O–H groups in total. The number of hydrogen-bond donors (Lipinski definition) is 0. The molecule has 1 aromatic heterocycles. The van der Waals surface area contributed by atoms with E-state index in [2.05, 4.69) is 9.88 Å². The van der Waals surface area contributed by atoms with Crippen LogP contribution in [-0.4, -0.2) is 98.8 Å². The number of nitrogens with zero attached hydrogens (tertiary/aromatic N) is 3. The zero-order chi connectivity index (χ0) is 24.4. The highest BCUT2D eigenvalue weighted by molar-refractivity contribution is 7.91. The SMILES string of the molecule is CC(C)(C)OC(=O)N1CCN(CCOc2ccc3c(n2)OC2(CCOCC2)CCS3(=O)=O)CC1. The molecule has 1 aromatic rings. The Labute approximate surface area is 201 Å².